The van der Waals surface area contributed by atoms with Crippen LogP contribution in [0.25, 0.3) is 0 Å². The number of allylic oxidation sites excluding steroid dienone is 3. The number of nitrogens with zero attached hydrogens (tertiary/aromatic N) is 2. The zero-order chi connectivity index (χ0) is 25.2. The largest absolute Gasteiger partial charge is 0.493 e. The lowest BCUT2D eigenvalue weighted by Gasteiger charge is -2.33. The molecule has 1 saturated heterocycles. The molecule has 2 N–H and O–H groups in total. The summed E-state index contributed by atoms with van der Waals surface area (Å²) in [5, 5.41) is 9.91. The monoisotopic (exact) mass is 491 g/mol. The van der Waals surface area contributed by atoms with E-state index in [9.17, 15) is 14.9 Å². The third kappa shape index (κ3) is 4.29. The summed E-state index contributed by atoms with van der Waals surface area (Å²) in [6, 6.07) is 10.7. The first-order valence-corrected chi connectivity index (χ1v) is 11.6. The molecule has 0 unspecified atom stereocenters. The number of carbonyl (C=O) groups excluding carboxylic acids is 2. The van der Waals surface area contributed by atoms with Crippen molar-refractivity contribution in [3.05, 3.63) is 70.7 Å². The van der Waals surface area contributed by atoms with Gasteiger partial charge in [-0.15, -0.1) is 0 Å². The Hall–Kier alpha value is -4.23. The first-order valence-electron chi connectivity index (χ1n) is 11.6. The summed E-state index contributed by atoms with van der Waals surface area (Å²) >= 11 is 0. The number of benzene rings is 1. The fraction of sp³-hybridized carbons (Fsp3) is 0.346. The molecule has 2 atom stereocenters. The molecule has 186 valence electrons. The van der Waals surface area contributed by atoms with Crippen molar-refractivity contribution in [1.29, 1.82) is 5.26 Å². The average Bonchev–Trinajstić information content (AvgIpc) is 3.43. The van der Waals surface area contributed by atoms with Crippen LogP contribution in [0.1, 0.15) is 36.0 Å². The number of morpholine rings is 1. The quantitative estimate of drug-likeness (QED) is 0.682. The number of nitrogens with two attached hydrogens (primary N) is 1. The third-order valence-electron chi connectivity index (χ3n) is 6.59. The van der Waals surface area contributed by atoms with Gasteiger partial charge in [0.1, 0.15) is 23.2 Å². The Morgan fingerprint density at radius 1 is 1.19 bits per heavy atom. The normalized spacial score (nSPS) is 22.0. The number of hydrogen-bond acceptors (Lipinski definition) is 9. The Bertz CT molecular complexity index is 1280. The first kappa shape index (κ1) is 23.5. The van der Waals surface area contributed by atoms with E-state index >= 15 is 0 Å². The molecule has 0 radical (unpaired) electrons. The predicted octanol–water partition coefficient (Wildman–Crippen LogP) is 3.33. The lowest BCUT2D eigenvalue weighted by molar-refractivity contribution is -0.117. The minimum atomic E-state index is -0.768. The summed E-state index contributed by atoms with van der Waals surface area (Å²) in [6.07, 6.45) is 1.64. The fourth-order valence-corrected chi connectivity index (χ4v) is 4.82. The summed E-state index contributed by atoms with van der Waals surface area (Å²) < 4.78 is 27.6. The zero-order valence-corrected chi connectivity index (χ0v) is 19.7. The minimum Gasteiger partial charge on any atom is -0.493 e. The number of carbonyl (C=O) groups is 2. The number of nitriles is 1. The van der Waals surface area contributed by atoms with Crippen molar-refractivity contribution in [3.63, 3.8) is 0 Å². The van der Waals surface area contributed by atoms with E-state index in [0.29, 0.717) is 61.1 Å². The maximum Gasteiger partial charge on any atom is 0.415 e. The standard InChI is InChI=1S/C26H25N3O7/c1-32-20-5-4-15(12-21(20)36-26(31)29-6-9-33-10-7-29)23-17(14-27)25(28)35-22-13-16(11-18(30)24(22)23)19-3-2-8-34-19/h2-5,8,12,16,23H,6-7,9-11,13,28H2,1H3/t16-,23-/m1/s1. The molecule has 3 heterocycles. The van der Waals surface area contributed by atoms with Crippen LogP contribution >= 0.6 is 0 Å². The Kier molecular flexibility index (Phi) is 6.40. The van der Waals surface area contributed by atoms with Crippen molar-refractivity contribution in [2.45, 2.75) is 24.7 Å². The second kappa shape index (κ2) is 9.79. The second-order valence-corrected chi connectivity index (χ2v) is 8.68. The first-order chi connectivity index (χ1) is 17.5. The van der Waals surface area contributed by atoms with E-state index in [0.717, 1.165) is 0 Å². The number of Topliss-reactive ketones (excluding diaryl/α,β-unsaturated/α-hetero) is 1. The molecule has 1 aliphatic carbocycles. The molecular formula is C26H25N3O7. The molecule has 3 aliphatic rings. The lowest BCUT2D eigenvalue weighted by atomic mass is 9.74. The van der Waals surface area contributed by atoms with Gasteiger partial charge in [0.25, 0.3) is 0 Å². The van der Waals surface area contributed by atoms with Crippen molar-refractivity contribution in [2.75, 3.05) is 33.4 Å². The second-order valence-electron chi connectivity index (χ2n) is 8.68. The Morgan fingerprint density at radius 3 is 2.69 bits per heavy atom. The SMILES string of the molecule is COc1ccc([C@@H]2C(C#N)=C(N)OC3=C2C(=O)C[C@@H](c2ccco2)C3)cc1OC(=O)N1CCOCC1. The molecule has 10 nitrogen and oxygen atoms in total. The van der Waals surface area contributed by atoms with Gasteiger partial charge >= 0.3 is 6.09 Å². The fourth-order valence-electron chi connectivity index (χ4n) is 4.82. The van der Waals surface area contributed by atoms with Gasteiger partial charge in [-0.25, -0.2) is 4.79 Å². The molecular weight excluding hydrogens is 466 g/mol. The highest BCUT2D eigenvalue weighted by Gasteiger charge is 2.41. The van der Waals surface area contributed by atoms with Gasteiger partial charge in [0.2, 0.25) is 5.88 Å². The summed E-state index contributed by atoms with van der Waals surface area (Å²) in [7, 11) is 1.47. The molecule has 1 amide bonds. The summed E-state index contributed by atoms with van der Waals surface area (Å²) in [6.45, 7) is 1.70. The molecule has 1 aromatic carbocycles. The maximum atomic E-state index is 13.4. The highest BCUT2D eigenvalue weighted by molar-refractivity contribution is 6.00. The third-order valence-corrected chi connectivity index (χ3v) is 6.59. The van der Waals surface area contributed by atoms with Crippen LogP contribution in [0, 0.1) is 11.3 Å². The van der Waals surface area contributed by atoms with Crippen molar-refractivity contribution in [2.24, 2.45) is 5.73 Å². The predicted molar refractivity (Wildman–Crippen MR) is 125 cm³/mol. The number of ether oxygens (including phenoxy) is 4. The topological polar surface area (TPSA) is 137 Å². The lowest BCUT2D eigenvalue weighted by Crippen LogP contribution is -2.42. The highest BCUT2D eigenvalue weighted by atomic mass is 16.6. The van der Waals surface area contributed by atoms with E-state index in [-0.39, 0.29) is 35.3 Å². The van der Waals surface area contributed by atoms with Gasteiger partial charge < -0.3 is 34.0 Å². The Balaban J connectivity index is 1.51. The van der Waals surface area contributed by atoms with Crippen LogP contribution in [-0.2, 0) is 14.3 Å². The maximum absolute atomic E-state index is 13.4. The van der Waals surface area contributed by atoms with Crippen LogP contribution in [0.2, 0.25) is 0 Å². The molecule has 2 aromatic rings. The van der Waals surface area contributed by atoms with E-state index in [1.165, 1.54) is 7.11 Å². The van der Waals surface area contributed by atoms with Gasteiger partial charge in [-0.05, 0) is 29.8 Å². The summed E-state index contributed by atoms with van der Waals surface area (Å²) in [5.41, 5.74) is 7.19. The molecule has 0 saturated carbocycles. The van der Waals surface area contributed by atoms with Crippen LogP contribution in [0.15, 0.2) is 63.8 Å². The number of furan rings is 1. The zero-order valence-electron chi connectivity index (χ0n) is 19.7. The van der Waals surface area contributed by atoms with Crippen molar-refractivity contribution in [3.8, 4) is 17.6 Å². The molecule has 1 aromatic heterocycles. The summed E-state index contributed by atoms with van der Waals surface area (Å²) in [4.78, 5) is 27.7. The smallest absolute Gasteiger partial charge is 0.415 e. The van der Waals surface area contributed by atoms with E-state index in [4.69, 9.17) is 29.1 Å². The number of rotatable bonds is 4. The van der Waals surface area contributed by atoms with Gasteiger partial charge in [-0.1, -0.05) is 6.07 Å². The van der Waals surface area contributed by atoms with E-state index in [2.05, 4.69) is 6.07 Å². The van der Waals surface area contributed by atoms with Crippen molar-refractivity contribution in [1.82, 2.24) is 4.90 Å². The Morgan fingerprint density at radius 2 is 2.00 bits per heavy atom. The molecule has 0 bridgehead atoms. The molecule has 0 spiro atoms. The number of ketones is 1. The van der Waals surface area contributed by atoms with Crippen LogP contribution < -0.4 is 15.2 Å². The Labute approximate surface area is 207 Å². The molecule has 36 heavy (non-hydrogen) atoms. The van der Waals surface area contributed by atoms with Gasteiger partial charge in [0.05, 0.1) is 32.5 Å². The van der Waals surface area contributed by atoms with Gasteiger partial charge in [0.15, 0.2) is 17.3 Å². The van der Waals surface area contributed by atoms with Gasteiger partial charge in [-0.2, -0.15) is 5.26 Å². The number of hydrogen-bond donors (Lipinski definition) is 1. The van der Waals surface area contributed by atoms with Gasteiger partial charge in [0, 0.05) is 37.4 Å². The van der Waals surface area contributed by atoms with E-state index in [1.54, 1.807) is 35.4 Å². The molecule has 2 aliphatic heterocycles. The number of amides is 1. The van der Waals surface area contributed by atoms with Gasteiger partial charge in [-0.3, -0.25) is 4.79 Å². The molecule has 10 heteroatoms. The molecule has 1 fully saturated rings. The summed E-state index contributed by atoms with van der Waals surface area (Å²) in [5.74, 6) is 0.433. The molecule has 5 rings (SSSR count). The van der Waals surface area contributed by atoms with Crippen LogP contribution in [0.4, 0.5) is 4.79 Å². The highest BCUT2D eigenvalue weighted by Crippen LogP contribution is 2.47. The number of methoxy groups -OCH3 is 1. The van der Waals surface area contributed by atoms with E-state index in [1.807, 2.05) is 6.07 Å². The van der Waals surface area contributed by atoms with E-state index < -0.39 is 12.0 Å². The average molecular weight is 492 g/mol. The van der Waals surface area contributed by atoms with Crippen molar-refractivity contribution >= 4 is 11.9 Å². The van der Waals surface area contributed by atoms with Crippen molar-refractivity contribution < 1.29 is 33.0 Å². The van der Waals surface area contributed by atoms with Crippen LogP contribution in [0.3, 0.4) is 0 Å². The minimum absolute atomic E-state index is 0.0585. The van der Waals surface area contributed by atoms with Crippen LogP contribution in [0.5, 0.6) is 11.5 Å². The van der Waals surface area contributed by atoms with Crippen LogP contribution in [-0.4, -0.2) is 50.2 Å².